The molecule has 1 heterocycles. The van der Waals surface area contributed by atoms with E-state index in [9.17, 15) is 32.9 Å². The van der Waals surface area contributed by atoms with E-state index in [1.807, 2.05) is 13.8 Å². The average molecular weight is 539 g/mol. The van der Waals surface area contributed by atoms with Crippen LogP contribution in [0.25, 0.3) is 28.7 Å². The average Bonchev–Trinajstić information content (AvgIpc) is 3.17. The second-order valence-electron chi connectivity index (χ2n) is 8.87. The number of nitrogens with zero attached hydrogens (tertiary/aromatic N) is 2. The summed E-state index contributed by atoms with van der Waals surface area (Å²) < 4.78 is 39.7. The van der Waals surface area contributed by atoms with Crippen molar-refractivity contribution in [3.8, 4) is 22.5 Å². The second-order valence-corrected chi connectivity index (χ2v) is 10.9. The topological polar surface area (TPSA) is 133 Å². The minimum absolute atomic E-state index is 0. The van der Waals surface area contributed by atoms with E-state index in [2.05, 4.69) is 0 Å². The predicted molar refractivity (Wildman–Crippen MR) is 132 cm³/mol. The van der Waals surface area contributed by atoms with Crippen molar-refractivity contribution in [1.29, 1.82) is 0 Å². The third-order valence-electron chi connectivity index (χ3n) is 5.48. The molecule has 0 spiro atoms. The maximum Gasteiger partial charge on any atom is 1.00 e. The van der Waals surface area contributed by atoms with Crippen LogP contribution in [0.3, 0.4) is 0 Å². The molecule has 8 nitrogen and oxygen atoms in total. The fourth-order valence-corrected chi connectivity index (χ4v) is 4.45. The van der Waals surface area contributed by atoms with Gasteiger partial charge in [0, 0.05) is 48.3 Å². The van der Waals surface area contributed by atoms with Crippen LogP contribution in [0, 0.1) is 5.82 Å². The Kier molecular flexibility index (Phi) is 10.8. The van der Waals surface area contributed by atoms with Crippen LogP contribution in [0.5, 0.6) is 0 Å². The molecule has 0 radical (unpaired) electrons. The number of benzene rings is 2. The Labute approximate surface area is 237 Å². The van der Waals surface area contributed by atoms with Crippen molar-refractivity contribution in [3.63, 3.8) is 0 Å². The number of rotatable bonds is 10. The Bertz CT molecular complexity index is 1370. The SMILES string of the molecule is CC(C)c1nc(-c2cccc(S(C)(=O)=O)c2)c(-c2ccc(F)cc2)n1/C=C/[C@@H](O)C[C@@H](O)CC(=O)[O-].[Na+]. The van der Waals surface area contributed by atoms with Gasteiger partial charge in [-0.25, -0.2) is 17.8 Å². The molecule has 0 bridgehead atoms. The van der Waals surface area contributed by atoms with E-state index in [1.165, 1.54) is 30.3 Å². The van der Waals surface area contributed by atoms with Crippen LogP contribution in [0.1, 0.15) is 38.4 Å². The number of aliphatic hydroxyl groups excluding tert-OH is 2. The zero-order valence-electron chi connectivity index (χ0n) is 21.1. The molecule has 2 aromatic carbocycles. The van der Waals surface area contributed by atoms with Crippen LogP contribution in [0.15, 0.2) is 59.5 Å². The van der Waals surface area contributed by atoms with E-state index in [0.717, 1.165) is 6.26 Å². The van der Waals surface area contributed by atoms with E-state index in [4.69, 9.17) is 4.98 Å². The molecule has 3 rings (SSSR count). The number of carbonyl (C=O) groups is 1. The van der Waals surface area contributed by atoms with Gasteiger partial charge in [-0.3, -0.25) is 0 Å². The van der Waals surface area contributed by atoms with Crippen molar-refractivity contribution in [2.24, 2.45) is 0 Å². The molecule has 37 heavy (non-hydrogen) atoms. The van der Waals surface area contributed by atoms with Crippen molar-refractivity contribution in [1.82, 2.24) is 9.55 Å². The molecule has 192 valence electrons. The molecule has 1 aromatic heterocycles. The Morgan fingerprint density at radius 2 is 1.78 bits per heavy atom. The van der Waals surface area contributed by atoms with Crippen LogP contribution < -0.4 is 34.7 Å². The second kappa shape index (κ2) is 12.9. The quantitative estimate of drug-likeness (QED) is 0.336. The molecular formula is C26H28FN2NaO6S. The molecule has 0 saturated carbocycles. The van der Waals surface area contributed by atoms with Crippen LogP contribution in [-0.4, -0.2) is 52.6 Å². The van der Waals surface area contributed by atoms with Crippen molar-refractivity contribution < 1.29 is 62.5 Å². The van der Waals surface area contributed by atoms with Gasteiger partial charge in [0.15, 0.2) is 9.84 Å². The molecule has 0 aliphatic carbocycles. The maximum absolute atomic E-state index is 13.7. The molecule has 0 amide bonds. The van der Waals surface area contributed by atoms with Crippen molar-refractivity contribution in [2.75, 3.05) is 6.26 Å². The van der Waals surface area contributed by atoms with Gasteiger partial charge in [0.25, 0.3) is 0 Å². The normalized spacial score (nSPS) is 13.5. The first-order chi connectivity index (χ1) is 16.9. The summed E-state index contributed by atoms with van der Waals surface area (Å²) in [5, 5.41) is 30.9. The number of hydrogen-bond donors (Lipinski definition) is 2. The van der Waals surface area contributed by atoms with Crippen molar-refractivity contribution >= 4 is 22.0 Å². The summed E-state index contributed by atoms with van der Waals surface area (Å²) >= 11 is 0. The van der Waals surface area contributed by atoms with Crippen molar-refractivity contribution in [3.05, 3.63) is 66.2 Å². The summed E-state index contributed by atoms with van der Waals surface area (Å²) in [6.07, 6.45) is 0.800. The molecule has 0 aliphatic rings. The molecule has 0 saturated heterocycles. The Balaban J connectivity index is 0.00000481. The monoisotopic (exact) mass is 538 g/mol. The summed E-state index contributed by atoms with van der Waals surface area (Å²) in [4.78, 5) is 15.6. The van der Waals surface area contributed by atoms with E-state index in [0.29, 0.717) is 28.3 Å². The summed E-state index contributed by atoms with van der Waals surface area (Å²) in [5.74, 6) is -1.35. The molecule has 0 aliphatic heterocycles. The minimum Gasteiger partial charge on any atom is -0.550 e. The van der Waals surface area contributed by atoms with Gasteiger partial charge in [-0.05, 0) is 42.5 Å². The zero-order valence-corrected chi connectivity index (χ0v) is 23.9. The molecule has 11 heteroatoms. The zero-order chi connectivity index (χ0) is 26.6. The van der Waals surface area contributed by atoms with E-state index in [-0.39, 0.29) is 46.8 Å². The standard InChI is InChI=1S/C26H29FN2O6S.Na/c1-16(2)26-28-24(18-5-4-6-22(13-18)36(3,34)35)25(17-7-9-19(27)10-8-17)29(26)12-11-20(30)14-21(31)15-23(32)33;/h4-13,16,20-21,30-31H,14-15H2,1-3H3,(H,32,33);/q;+1/p-1/b12-11+;/t20-,21-;/m1./s1. The number of imidazole rings is 1. The number of carboxylic acid groups (broad SMARTS) is 1. The smallest absolute Gasteiger partial charge is 0.550 e. The molecule has 3 aromatic rings. The molecular weight excluding hydrogens is 510 g/mol. The van der Waals surface area contributed by atoms with Gasteiger partial charge in [-0.15, -0.1) is 0 Å². The first-order valence-electron chi connectivity index (χ1n) is 11.3. The Morgan fingerprint density at radius 1 is 1.14 bits per heavy atom. The molecule has 0 fully saturated rings. The van der Waals surface area contributed by atoms with Crippen LogP contribution in [-0.2, 0) is 14.6 Å². The fraction of sp³-hybridized carbons (Fsp3) is 0.308. The molecule has 0 unspecified atom stereocenters. The van der Waals surface area contributed by atoms with Gasteiger partial charge >= 0.3 is 29.6 Å². The Hall–Kier alpha value is -2.34. The number of carboxylic acids is 1. The minimum atomic E-state index is -3.48. The first kappa shape index (κ1) is 30.9. The predicted octanol–water partition coefficient (Wildman–Crippen LogP) is -0.390. The van der Waals surface area contributed by atoms with E-state index in [1.54, 1.807) is 35.0 Å². The number of carbonyl (C=O) groups excluding carboxylic acids is 1. The number of aliphatic hydroxyl groups is 2. The molecule has 2 atom stereocenters. The van der Waals surface area contributed by atoms with Gasteiger partial charge in [-0.2, -0.15) is 0 Å². The largest absolute Gasteiger partial charge is 1.00 e. The van der Waals surface area contributed by atoms with Crippen LogP contribution in [0.4, 0.5) is 4.39 Å². The van der Waals surface area contributed by atoms with E-state index >= 15 is 0 Å². The summed E-state index contributed by atoms with van der Waals surface area (Å²) in [6.45, 7) is 3.83. The summed E-state index contributed by atoms with van der Waals surface area (Å²) in [5.41, 5.74) is 2.15. The first-order valence-corrected chi connectivity index (χ1v) is 13.2. The summed E-state index contributed by atoms with van der Waals surface area (Å²) in [6, 6.07) is 12.1. The maximum atomic E-state index is 13.7. The number of halogens is 1. The fourth-order valence-electron chi connectivity index (χ4n) is 3.79. The van der Waals surface area contributed by atoms with Gasteiger partial charge in [-0.1, -0.05) is 26.0 Å². The van der Waals surface area contributed by atoms with Gasteiger partial charge in [0.1, 0.15) is 11.6 Å². The number of aromatic nitrogens is 2. The molecule has 2 N–H and O–H groups in total. The van der Waals surface area contributed by atoms with Crippen LogP contribution >= 0.6 is 0 Å². The van der Waals surface area contributed by atoms with Gasteiger partial charge in [0.2, 0.25) is 0 Å². The van der Waals surface area contributed by atoms with Crippen molar-refractivity contribution in [2.45, 2.75) is 49.7 Å². The van der Waals surface area contributed by atoms with E-state index < -0.39 is 40.3 Å². The third-order valence-corrected chi connectivity index (χ3v) is 6.59. The van der Waals surface area contributed by atoms with Gasteiger partial charge in [0.05, 0.1) is 28.5 Å². The van der Waals surface area contributed by atoms with Crippen LogP contribution in [0.2, 0.25) is 0 Å². The Morgan fingerprint density at radius 3 is 2.35 bits per heavy atom. The number of sulfone groups is 1. The number of aliphatic carboxylic acids is 1. The number of hydrogen-bond acceptors (Lipinski definition) is 7. The van der Waals surface area contributed by atoms with Gasteiger partial charge < -0.3 is 24.7 Å². The third kappa shape index (κ3) is 8.07. The summed E-state index contributed by atoms with van der Waals surface area (Å²) in [7, 11) is -3.48.